The molecule has 6 heteroatoms. The van der Waals surface area contributed by atoms with Crippen LogP contribution >= 0.6 is 0 Å². The van der Waals surface area contributed by atoms with Gasteiger partial charge in [0.1, 0.15) is 0 Å². The van der Waals surface area contributed by atoms with Gasteiger partial charge in [0, 0.05) is 46.9 Å². The SMILES string of the molecule is CN(C)C(=O)N1CCCC(C(=O)N2CCC(CO)CC2)C1. The summed E-state index contributed by atoms with van der Waals surface area (Å²) in [5, 5.41) is 9.16. The highest BCUT2D eigenvalue weighted by atomic mass is 16.3. The molecular weight excluding hydrogens is 270 g/mol. The van der Waals surface area contributed by atoms with E-state index in [1.807, 2.05) is 4.90 Å². The number of carbonyl (C=O) groups excluding carboxylic acids is 2. The lowest BCUT2D eigenvalue weighted by Gasteiger charge is -2.38. The van der Waals surface area contributed by atoms with Crippen LogP contribution < -0.4 is 0 Å². The van der Waals surface area contributed by atoms with Gasteiger partial charge in [-0.2, -0.15) is 0 Å². The van der Waals surface area contributed by atoms with Gasteiger partial charge in [-0.1, -0.05) is 0 Å². The summed E-state index contributed by atoms with van der Waals surface area (Å²) in [6.07, 6.45) is 3.53. The number of aliphatic hydroxyl groups is 1. The summed E-state index contributed by atoms with van der Waals surface area (Å²) < 4.78 is 0. The predicted octanol–water partition coefficient (Wildman–Crippen LogP) is 0.611. The zero-order chi connectivity index (χ0) is 15.4. The van der Waals surface area contributed by atoms with Crippen molar-refractivity contribution in [2.75, 3.05) is 46.9 Å². The highest BCUT2D eigenvalue weighted by Gasteiger charge is 2.33. The summed E-state index contributed by atoms with van der Waals surface area (Å²) in [5.41, 5.74) is 0. The minimum absolute atomic E-state index is 0.00788. The number of urea groups is 1. The summed E-state index contributed by atoms with van der Waals surface area (Å²) in [6, 6.07) is -0.00788. The van der Waals surface area contributed by atoms with E-state index < -0.39 is 0 Å². The first-order valence-electron chi connectivity index (χ1n) is 7.88. The molecule has 0 aromatic heterocycles. The number of hydrogen-bond donors (Lipinski definition) is 1. The van der Waals surface area contributed by atoms with E-state index in [2.05, 4.69) is 0 Å². The number of carbonyl (C=O) groups is 2. The number of rotatable bonds is 2. The fourth-order valence-electron chi connectivity index (χ4n) is 3.23. The van der Waals surface area contributed by atoms with Gasteiger partial charge in [-0.15, -0.1) is 0 Å². The van der Waals surface area contributed by atoms with Crippen LogP contribution in [0.4, 0.5) is 4.79 Å². The lowest BCUT2D eigenvalue weighted by atomic mass is 9.93. The molecule has 0 bridgehead atoms. The lowest BCUT2D eigenvalue weighted by Crippen LogP contribution is -2.50. The van der Waals surface area contributed by atoms with Crippen molar-refractivity contribution in [2.45, 2.75) is 25.7 Å². The third-order valence-corrected chi connectivity index (χ3v) is 4.61. The lowest BCUT2D eigenvalue weighted by molar-refractivity contribution is -0.138. The second-order valence-corrected chi connectivity index (χ2v) is 6.41. The van der Waals surface area contributed by atoms with E-state index in [-0.39, 0.29) is 24.5 Å². The molecule has 2 rings (SSSR count). The van der Waals surface area contributed by atoms with Crippen LogP contribution in [0.1, 0.15) is 25.7 Å². The minimum atomic E-state index is -0.0617. The molecule has 0 aromatic rings. The van der Waals surface area contributed by atoms with E-state index >= 15 is 0 Å². The molecule has 0 spiro atoms. The standard InChI is InChI=1S/C15H27N3O3/c1-16(2)15(21)18-7-3-4-13(10-18)14(20)17-8-5-12(11-19)6-9-17/h12-13,19H,3-11H2,1-2H3. The monoisotopic (exact) mass is 297 g/mol. The zero-order valence-corrected chi connectivity index (χ0v) is 13.1. The van der Waals surface area contributed by atoms with E-state index in [0.717, 1.165) is 45.3 Å². The van der Waals surface area contributed by atoms with Gasteiger partial charge in [-0.25, -0.2) is 4.79 Å². The van der Waals surface area contributed by atoms with E-state index in [9.17, 15) is 9.59 Å². The molecule has 1 unspecified atom stereocenters. The molecule has 0 aromatic carbocycles. The number of piperidine rings is 2. The van der Waals surface area contributed by atoms with Crippen LogP contribution in [-0.4, -0.2) is 78.6 Å². The average Bonchev–Trinajstić information content (AvgIpc) is 2.53. The van der Waals surface area contributed by atoms with Crippen molar-refractivity contribution >= 4 is 11.9 Å². The molecule has 1 N–H and O–H groups in total. The number of hydrogen-bond acceptors (Lipinski definition) is 3. The first kappa shape index (κ1) is 16.1. The van der Waals surface area contributed by atoms with Gasteiger partial charge in [0.15, 0.2) is 0 Å². The molecule has 2 aliphatic heterocycles. The van der Waals surface area contributed by atoms with Gasteiger partial charge in [0.05, 0.1) is 5.92 Å². The smallest absolute Gasteiger partial charge is 0.319 e. The summed E-state index contributed by atoms with van der Waals surface area (Å²) >= 11 is 0. The fourth-order valence-corrected chi connectivity index (χ4v) is 3.23. The van der Waals surface area contributed by atoms with Crippen molar-refractivity contribution in [3.05, 3.63) is 0 Å². The van der Waals surface area contributed by atoms with Crippen molar-refractivity contribution < 1.29 is 14.7 Å². The van der Waals surface area contributed by atoms with Crippen LogP contribution in [0.15, 0.2) is 0 Å². The summed E-state index contributed by atoms with van der Waals surface area (Å²) in [7, 11) is 3.49. The molecule has 0 radical (unpaired) electrons. The molecule has 3 amide bonds. The van der Waals surface area contributed by atoms with Crippen LogP contribution in [0.5, 0.6) is 0 Å². The molecule has 2 heterocycles. The number of likely N-dealkylation sites (tertiary alicyclic amines) is 2. The quantitative estimate of drug-likeness (QED) is 0.812. The van der Waals surface area contributed by atoms with Gasteiger partial charge in [-0.05, 0) is 31.6 Å². The number of nitrogens with zero attached hydrogens (tertiary/aromatic N) is 3. The third kappa shape index (κ3) is 3.87. The Morgan fingerprint density at radius 2 is 1.76 bits per heavy atom. The van der Waals surface area contributed by atoms with Gasteiger partial charge >= 0.3 is 6.03 Å². The third-order valence-electron chi connectivity index (χ3n) is 4.61. The Hall–Kier alpha value is -1.30. The van der Waals surface area contributed by atoms with Crippen molar-refractivity contribution in [3.8, 4) is 0 Å². The maximum absolute atomic E-state index is 12.6. The van der Waals surface area contributed by atoms with Gasteiger partial charge in [0.25, 0.3) is 0 Å². The molecule has 1 atom stereocenters. The largest absolute Gasteiger partial charge is 0.396 e. The van der Waals surface area contributed by atoms with Crippen LogP contribution in [0.2, 0.25) is 0 Å². The van der Waals surface area contributed by atoms with Gasteiger partial charge in [0.2, 0.25) is 5.91 Å². The number of amides is 3. The van der Waals surface area contributed by atoms with Crippen LogP contribution in [0, 0.1) is 11.8 Å². The maximum Gasteiger partial charge on any atom is 0.319 e. The molecule has 0 saturated carbocycles. The molecule has 21 heavy (non-hydrogen) atoms. The van der Waals surface area contributed by atoms with Crippen molar-refractivity contribution in [3.63, 3.8) is 0 Å². The fraction of sp³-hybridized carbons (Fsp3) is 0.867. The molecule has 0 aliphatic carbocycles. The van der Waals surface area contributed by atoms with Gasteiger partial charge < -0.3 is 19.8 Å². The Bertz CT molecular complexity index is 378. The van der Waals surface area contributed by atoms with Crippen LogP contribution in [0.3, 0.4) is 0 Å². The van der Waals surface area contributed by atoms with Crippen molar-refractivity contribution in [1.82, 2.24) is 14.7 Å². The van der Waals surface area contributed by atoms with E-state index in [1.165, 1.54) is 0 Å². The molecule has 2 fully saturated rings. The van der Waals surface area contributed by atoms with E-state index in [0.29, 0.717) is 12.5 Å². The number of aliphatic hydroxyl groups excluding tert-OH is 1. The maximum atomic E-state index is 12.6. The Balaban J connectivity index is 1.89. The minimum Gasteiger partial charge on any atom is -0.396 e. The van der Waals surface area contributed by atoms with Crippen LogP contribution in [0.25, 0.3) is 0 Å². The topological polar surface area (TPSA) is 64.1 Å². The summed E-state index contributed by atoms with van der Waals surface area (Å²) in [4.78, 5) is 29.9. The van der Waals surface area contributed by atoms with Crippen LogP contribution in [-0.2, 0) is 4.79 Å². The Morgan fingerprint density at radius 3 is 2.33 bits per heavy atom. The molecule has 120 valence electrons. The molecule has 2 aliphatic rings. The normalized spacial score (nSPS) is 24.0. The second-order valence-electron chi connectivity index (χ2n) is 6.41. The summed E-state index contributed by atoms with van der Waals surface area (Å²) in [6.45, 7) is 2.98. The van der Waals surface area contributed by atoms with Crippen molar-refractivity contribution in [1.29, 1.82) is 0 Å². The van der Waals surface area contributed by atoms with E-state index in [4.69, 9.17) is 5.11 Å². The average molecular weight is 297 g/mol. The molecule has 6 nitrogen and oxygen atoms in total. The Kier molecular flexibility index (Phi) is 5.45. The first-order valence-corrected chi connectivity index (χ1v) is 7.88. The highest BCUT2D eigenvalue weighted by molar-refractivity contribution is 5.81. The molecule has 2 saturated heterocycles. The Morgan fingerprint density at radius 1 is 1.10 bits per heavy atom. The first-order chi connectivity index (χ1) is 10.0. The molecular formula is C15H27N3O3. The zero-order valence-electron chi connectivity index (χ0n) is 13.1. The highest BCUT2D eigenvalue weighted by Crippen LogP contribution is 2.23. The predicted molar refractivity (Wildman–Crippen MR) is 79.8 cm³/mol. The second kappa shape index (κ2) is 7.11. The summed E-state index contributed by atoms with van der Waals surface area (Å²) in [5.74, 6) is 0.461. The van der Waals surface area contributed by atoms with E-state index in [1.54, 1.807) is 23.9 Å². The van der Waals surface area contributed by atoms with Crippen molar-refractivity contribution in [2.24, 2.45) is 11.8 Å². The van der Waals surface area contributed by atoms with Gasteiger partial charge in [-0.3, -0.25) is 4.79 Å². The Labute approximate surface area is 126 Å².